The summed E-state index contributed by atoms with van der Waals surface area (Å²) < 4.78 is 12.8. The number of methoxy groups -OCH3 is 2. The molecule has 3 aromatic rings. The zero-order valence-electron chi connectivity index (χ0n) is 17.2. The molecule has 1 aliphatic rings. The largest absolute Gasteiger partial charge is 0.497 e. The summed E-state index contributed by atoms with van der Waals surface area (Å²) in [5.74, 6) is 0.837. The summed E-state index contributed by atoms with van der Waals surface area (Å²) in [6.07, 6.45) is 4.81. The van der Waals surface area contributed by atoms with E-state index in [4.69, 9.17) is 21.7 Å². The summed E-state index contributed by atoms with van der Waals surface area (Å²) in [4.78, 5) is 6.87. The van der Waals surface area contributed by atoms with Crippen LogP contribution in [0, 0.1) is 0 Å². The van der Waals surface area contributed by atoms with Gasteiger partial charge in [-0.15, -0.1) is 0 Å². The molecule has 2 atom stereocenters. The first kappa shape index (κ1) is 20.4. The van der Waals surface area contributed by atoms with Crippen molar-refractivity contribution in [2.24, 2.45) is 0 Å². The van der Waals surface area contributed by atoms with Crippen LogP contribution in [-0.2, 0) is 4.74 Å². The molecule has 0 bridgehead atoms. The molecule has 0 spiro atoms. The molecule has 156 valence electrons. The van der Waals surface area contributed by atoms with Crippen molar-refractivity contribution < 1.29 is 9.47 Å². The van der Waals surface area contributed by atoms with Crippen LogP contribution in [0.3, 0.4) is 0 Å². The molecule has 1 aromatic carbocycles. The monoisotopic (exact) mass is 422 g/mol. The summed E-state index contributed by atoms with van der Waals surface area (Å²) in [6, 6.07) is 18.3. The second-order valence-corrected chi connectivity index (χ2v) is 7.55. The number of pyridine rings is 1. The van der Waals surface area contributed by atoms with Crippen molar-refractivity contribution >= 4 is 17.3 Å². The van der Waals surface area contributed by atoms with Crippen molar-refractivity contribution in [3.8, 4) is 11.4 Å². The zero-order chi connectivity index (χ0) is 20.9. The third kappa shape index (κ3) is 4.04. The van der Waals surface area contributed by atoms with Gasteiger partial charge in [-0.3, -0.25) is 4.98 Å². The van der Waals surface area contributed by atoms with E-state index in [2.05, 4.69) is 50.2 Å². The number of nitrogens with zero attached hydrogens (tertiary/aromatic N) is 3. The Kier molecular flexibility index (Phi) is 6.30. The van der Waals surface area contributed by atoms with Crippen molar-refractivity contribution in [2.45, 2.75) is 18.5 Å². The van der Waals surface area contributed by atoms with E-state index in [0.29, 0.717) is 6.61 Å². The minimum Gasteiger partial charge on any atom is -0.497 e. The van der Waals surface area contributed by atoms with E-state index >= 15 is 0 Å². The third-order valence-electron chi connectivity index (χ3n) is 5.38. The maximum atomic E-state index is 5.73. The van der Waals surface area contributed by atoms with Gasteiger partial charge in [0.1, 0.15) is 5.75 Å². The summed E-state index contributed by atoms with van der Waals surface area (Å²) >= 11 is 5.73. The van der Waals surface area contributed by atoms with Gasteiger partial charge in [0.25, 0.3) is 0 Å². The lowest BCUT2D eigenvalue weighted by Gasteiger charge is -2.29. The maximum absolute atomic E-state index is 5.73. The molecular formula is C23H26N4O2S. The summed E-state index contributed by atoms with van der Waals surface area (Å²) in [5, 5.41) is 4.25. The van der Waals surface area contributed by atoms with E-state index in [-0.39, 0.29) is 12.1 Å². The highest BCUT2D eigenvalue weighted by Gasteiger charge is 2.40. The van der Waals surface area contributed by atoms with Crippen molar-refractivity contribution in [1.29, 1.82) is 0 Å². The SMILES string of the molecule is COCCCN1C(=S)N[C@@H](c2ccccn2)[C@H]1c1cccn1-c1ccc(OC)cc1. The van der Waals surface area contributed by atoms with Crippen LogP contribution in [-0.4, -0.2) is 46.9 Å². The number of hydrogen-bond acceptors (Lipinski definition) is 4. The molecule has 0 radical (unpaired) electrons. The normalized spacial score (nSPS) is 18.5. The Morgan fingerprint density at radius 3 is 2.60 bits per heavy atom. The molecule has 1 saturated heterocycles. The molecule has 0 amide bonds. The van der Waals surface area contributed by atoms with Gasteiger partial charge in [-0.2, -0.15) is 0 Å². The van der Waals surface area contributed by atoms with E-state index < -0.39 is 0 Å². The van der Waals surface area contributed by atoms with Gasteiger partial charge in [0.05, 0.1) is 24.9 Å². The Morgan fingerprint density at radius 1 is 1.07 bits per heavy atom. The molecular weight excluding hydrogens is 396 g/mol. The highest BCUT2D eigenvalue weighted by Crippen LogP contribution is 2.39. The van der Waals surface area contributed by atoms with E-state index in [1.807, 2.05) is 36.5 Å². The molecule has 1 fully saturated rings. The van der Waals surface area contributed by atoms with E-state index in [9.17, 15) is 0 Å². The number of nitrogens with one attached hydrogen (secondary N) is 1. The highest BCUT2D eigenvalue weighted by molar-refractivity contribution is 7.80. The molecule has 0 saturated carbocycles. The van der Waals surface area contributed by atoms with Crippen LogP contribution in [0.15, 0.2) is 67.0 Å². The van der Waals surface area contributed by atoms with Crippen LogP contribution in [0.1, 0.15) is 29.9 Å². The predicted octanol–water partition coefficient (Wildman–Crippen LogP) is 3.89. The molecule has 6 nitrogen and oxygen atoms in total. The minimum atomic E-state index is -0.0341. The first-order chi connectivity index (χ1) is 14.7. The Balaban J connectivity index is 1.73. The second kappa shape index (κ2) is 9.28. The van der Waals surface area contributed by atoms with Crippen LogP contribution in [0.2, 0.25) is 0 Å². The Hall–Kier alpha value is -2.90. The van der Waals surface area contributed by atoms with Crippen LogP contribution < -0.4 is 10.1 Å². The number of aromatic nitrogens is 2. The van der Waals surface area contributed by atoms with E-state index in [1.54, 1.807) is 14.2 Å². The van der Waals surface area contributed by atoms with Gasteiger partial charge in [0, 0.05) is 44.0 Å². The Morgan fingerprint density at radius 2 is 1.90 bits per heavy atom. The van der Waals surface area contributed by atoms with Crippen molar-refractivity contribution in [1.82, 2.24) is 19.8 Å². The lowest BCUT2D eigenvalue weighted by Crippen LogP contribution is -2.32. The first-order valence-corrected chi connectivity index (χ1v) is 10.4. The van der Waals surface area contributed by atoms with Gasteiger partial charge in [0.2, 0.25) is 0 Å². The summed E-state index contributed by atoms with van der Waals surface area (Å²) in [5.41, 5.74) is 3.20. The molecule has 0 aliphatic carbocycles. The lowest BCUT2D eigenvalue weighted by atomic mass is 10.0. The second-order valence-electron chi connectivity index (χ2n) is 7.17. The number of benzene rings is 1. The van der Waals surface area contributed by atoms with Crippen molar-refractivity contribution in [2.75, 3.05) is 27.4 Å². The summed E-state index contributed by atoms with van der Waals surface area (Å²) in [6.45, 7) is 1.50. The van der Waals surface area contributed by atoms with E-state index in [1.165, 1.54) is 0 Å². The third-order valence-corrected chi connectivity index (χ3v) is 5.73. The number of rotatable bonds is 8. The van der Waals surface area contributed by atoms with Crippen LogP contribution in [0.4, 0.5) is 0 Å². The van der Waals surface area contributed by atoms with Gasteiger partial charge in [-0.25, -0.2) is 0 Å². The number of ether oxygens (including phenoxy) is 2. The average molecular weight is 423 g/mol. The molecule has 0 unspecified atom stereocenters. The molecule has 1 N–H and O–H groups in total. The first-order valence-electron chi connectivity index (χ1n) is 10.0. The number of thiocarbonyl (C=S) groups is 1. The van der Waals surface area contributed by atoms with Crippen LogP contribution >= 0.6 is 12.2 Å². The minimum absolute atomic E-state index is 0.0151. The Labute approximate surface area is 182 Å². The molecule has 2 aromatic heterocycles. The quantitative estimate of drug-likeness (QED) is 0.439. The zero-order valence-corrected chi connectivity index (χ0v) is 18.0. The van der Waals surface area contributed by atoms with Gasteiger partial charge < -0.3 is 24.3 Å². The van der Waals surface area contributed by atoms with E-state index in [0.717, 1.165) is 40.9 Å². The standard InChI is InChI=1S/C23H26N4O2S/c1-28-16-6-15-27-22(21(25-23(27)30)19-7-3-4-13-24-19)20-8-5-14-26(20)17-9-11-18(29-2)12-10-17/h3-5,7-14,21-22H,6,15-16H2,1-2H3,(H,25,30)/t21-,22+/m0/s1. The van der Waals surface area contributed by atoms with Crippen molar-refractivity contribution in [3.63, 3.8) is 0 Å². The molecule has 3 heterocycles. The topological polar surface area (TPSA) is 51.5 Å². The van der Waals surface area contributed by atoms with Gasteiger partial charge in [0.15, 0.2) is 5.11 Å². The highest BCUT2D eigenvalue weighted by atomic mass is 32.1. The maximum Gasteiger partial charge on any atom is 0.170 e. The fraction of sp³-hybridized carbons (Fsp3) is 0.304. The van der Waals surface area contributed by atoms with Crippen LogP contribution in [0.25, 0.3) is 5.69 Å². The molecule has 30 heavy (non-hydrogen) atoms. The van der Waals surface area contributed by atoms with Gasteiger partial charge >= 0.3 is 0 Å². The van der Waals surface area contributed by atoms with Crippen molar-refractivity contribution in [3.05, 3.63) is 78.4 Å². The smallest absolute Gasteiger partial charge is 0.170 e. The van der Waals surface area contributed by atoms with Gasteiger partial charge in [-0.1, -0.05) is 6.07 Å². The van der Waals surface area contributed by atoms with Crippen LogP contribution in [0.5, 0.6) is 5.75 Å². The molecule has 7 heteroatoms. The molecule has 4 rings (SSSR count). The lowest BCUT2D eigenvalue weighted by molar-refractivity contribution is 0.180. The predicted molar refractivity (Wildman–Crippen MR) is 121 cm³/mol. The summed E-state index contributed by atoms with van der Waals surface area (Å²) in [7, 11) is 3.40. The van der Waals surface area contributed by atoms with Gasteiger partial charge in [-0.05, 0) is 67.2 Å². The molecule has 1 aliphatic heterocycles. The number of hydrogen-bond donors (Lipinski definition) is 1. The fourth-order valence-electron chi connectivity index (χ4n) is 3.96. The average Bonchev–Trinajstić information content (AvgIpc) is 3.39. The fourth-order valence-corrected chi connectivity index (χ4v) is 4.29. The Bertz CT molecular complexity index is 974.